The SMILES string of the molecule is c1ccc2c(-n3c4ccccc4c4c5ccccc5c5c6ccccc6sc5c43)c3ccccc3cc2c1. The van der Waals surface area contributed by atoms with Crippen molar-refractivity contribution in [1.82, 2.24) is 4.57 Å². The van der Waals surface area contributed by atoms with Gasteiger partial charge in [0.05, 0.1) is 21.4 Å². The second-order valence-electron chi connectivity index (χ2n) is 10.1. The van der Waals surface area contributed by atoms with Crippen LogP contribution >= 0.6 is 11.3 Å². The van der Waals surface area contributed by atoms with E-state index in [0.29, 0.717) is 0 Å². The van der Waals surface area contributed by atoms with E-state index >= 15 is 0 Å². The summed E-state index contributed by atoms with van der Waals surface area (Å²) < 4.78 is 5.26. The maximum atomic E-state index is 2.57. The van der Waals surface area contributed by atoms with Crippen molar-refractivity contribution in [3.63, 3.8) is 0 Å². The minimum atomic E-state index is 1.25. The summed E-state index contributed by atoms with van der Waals surface area (Å²) in [4.78, 5) is 0. The lowest BCUT2D eigenvalue weighted by atomic mass is 9.98. The van der Waals surface area contributed by atoms with Crippen molar-refractivity contribution in [2.24, 2.45) is 0 Å². The summed E-state index contributed by atoms with van der Waals surface area (Å²) in [6.07, 6.45) is 0. The Morgan fingerprint density at radius 1 is 0.447 bits per heavy atom. The number of rotatable bonds is 1. The Hall–Kier alpha value is -4.66. The van der Waals surface area contributed by atoms with Crippen molar-refractivity contribution in [2.75, 3.05) is 0 Å². The molecule has 9 rings (SSSR count). The molecule has 176 valence electrons. The van der Waals surface area contributed by atoms with Gasteiger partial charge < -0.3 is 4.57 Å². The molecule has 0 N–H and O–H groups in total. The van der Waals surface area contributed by atoms with Crippen LogP contribution in [-0.4, -0.2) is 4.57 Å². The second-order valence-corrected chi connectivity index (χ2v) is 11.1. The van der Waals surface area contributed by atoms with Gasteiger partial charge in [0.2, 0.25) is 0 Å². The van der Waals surface area contributed by atoms with Gasteiger partial charge in [-0.05, 0) is 39.7 Å². The zero-order valence-electron chi connectivity index (χ0n) is 20.5. The molecule has 0 saturated heterocycles. The Morgan fingerprint density at radius 3 is 1.68 bits per heavy atom. The molecular weight excluding hydrogens is 478 g/mol. The molecule has 0 aliphatic carbocycles. The molecule has 7 aromatic carbocycles. The fourth-order valence-corrected chi connectivity index (χ4v) is 7.85. The molecule has 0 atom stereocenters. The van der Waals surface area contributed by atoms with Crippen LogP contribution in [0.2, 0.25) is 0 Å². The molecule has 0 unspecified atom stereocenters. The van der Waals surface area contributed by atoms with Crippen molar-refractivity contribution in [2.45, 2.75) is 0 Å². The van der Waals surface area contributed by atoms with Gasteiger partial charge in [-0.1, -0.05) is 109 Å². The lowest BCUT2D eigenvalue weighted by Gasteiger charge is -2.16. The fourth-order valence-electron chi connectivity index (χ4n) is 6.59. The van der Waals surface area contributed by atoms with Crippen LogP contribution < -0.4 is 0 Å². The minimum absolute atomic E-state index is 1.25. The van der Waals surface area contributed by atoms with E-state index in [1.165, 1.54) is 80.0 Å². The Morgan fingerprint density at radius 2 is 0.974 bits per heavy atom. The number of fused-ring (bicyclic) bond motifs is 12. The predicted octanol–water partition coefficient (Wildman–Crippen LogP) is 10.6. The van der Waals surface area contributed by atoms with Crippen LogP contribution in [0.15, 0.2) is 127 Å². The molecule has 0 saturated carbocycles. The van der Waals surface area contributed by atoms with Crippen LogP contribution in [0.25, 0.3) is 80.0 Å². The van der Waals surface area contributed by atoms with Crippen LogP contribution in [-0.2, 0) is 0 Å². The number of nitrogens with zero attached hydrogens (tertiary/aromatic N) is 1. The van der Waals surface area contributed by atoms with Gasteiger partial charge in [0, 0.05) is 37.0 Å². The summed E-state index contributed by atoms with van der Waals surface area (Å²) in [5.41, 5.74) is 3.82. The quantitative estimate of drug-likeness (QED) is 0.198. The largest absolute Gasteiger partial charge is 0.307 e. The predicted molar refractivity (Wildman–Crippen MR) is 166 cm³/mol. The molecular formula is C36H21NS. The van der Waals surface area contributed by atoms with Gasteiger partial charge >= 0.3 is 0 Å². The highest BCUT2D eigenvalue weighted by Crippen LogP contribution is 2.48. The average Bonchev–Trinajstić information content (AvgIpc) is 3.53. The minimum Gasteiger partial charge on any atom is -0.307 e. The molecule has 38 heavy (non-hydrogen) atoms. The first kappa shape index (κ1) is 20.4. The van der Waals surface area contributed by atoms with Crippen molar-refractivity contribution in [3.05, 3.63) is 127 Å². The van der Waals surface area contributed by atoms with Crippen LogP contribution in [0.5, 0.6) is 0 Å². The number of thiophene rings is 1. The molecule has 0 aliphatic rings. The van der Waals surface area contributed by atoms with E-state index in [-0.39, 0.29) is 0 Å². The monoisotopic (exact) mass is 499 g/mol. The average molecular weight is 500 g/mol. The van der Waals surface area contributed by atoms with Gasteiger partial charge in [0.1, 0.15) is 0 Å². The fraction of sp³-hybridized carbons (Fsp3) is 0. The van der Waals surface area contributed by atoms with Crippen LogP contribution in [0.3, 0.4) is 0 Å². The zero-order valence-corrected chi connectivity index (χ0v) is 21.3. The maximum absolute atomic E-state index is 2.57. The van der Waals surface area contributed by atoms with Crippen molar-refractivity contribution in [3.8, 4) is 5.69 Å². The van der Waals surface area contributed by atoms with E-state index in [4.69, 9.17) is 0 Å². The molecule has 2 heterocycles. The van der Waals surface area contributed by atoms with Crippen molar-refractivity contribution in [1.29, 1.82) is 0 Å². The third-order valence-electron chi connectivity index (χ3n) is 8.12. The Balaban J connectivity index is 1.67. The molecule has 0 radical (unpaired) electrons. The first-order valence-electron chi connectivity index (χ1n) is 13.0. The summed E-state index contributed by atoms with van der Waals surface area (Å²) in [6.45, 7) is 0. The third kappa shape index (κ3) is 2.55. The highest BCUT2D eigenvalue weighted by atomic mass is 32.1. The van der Waals surface area contributed by atoms with E-state index in [2.05, 4.69) is 132 Å². The number of benzene rings is 7. The molecule has 0 bridgehead atoms. The second kappa shape index (κ2) is 7.44. The van der Waals surface area contributed by atoms with Crippen LogP contribution in [0.4, 0.5) is 0 Å². The number of hydrogen-bond donors (Lipinski definition) is 0. The molecule has 0 amide bonds. The van der Waals surface area contributed by atoms with E-state index < -0.39 is 0 Å². The van der Waals surface area contributed by atoms with E-state index in [1.54, 1.807) is 0 Å². The summed E-state index contributed by atoms with van der Waals surface area (Å²) in [6, 6.07) is 46.8. The van der Waals surface area contributed by atoms with Gasteiger partial charge in [-0.15, -0.1) is 11.3 Å². The molecule has 0 spiro atoms. The van der Waals surface area contributed by atoms with Gasteiger partial charge in [0.15, 0.2) is 0 Å². The molecule has 0 fully saturated rings. The lowest BCUT2D eigenvalue weighted by Crippen LogP contribution is -1.97. The van der Waals surface area contributed by atoms with Gasteiger partial charge in [0.25, 0.3) is 0 Å². The number of hydrogen-bond acceptors (Lipinski definition) is 1. The van der Waals surface area contributed by atoms with E-state index in [0.717, 1.165) is 0 Å². The lowest BCUT2D eigenvalue weighted by molar-refractivity contribution is 1.22. The van der Waals surface area contributed by atoms with E-state index in [1.807, 2.05) is 11.3 Å². The highest BCUT2D eigenvalue weighted by molar-refractivity contribution is 7.27. The van der Waals surface area contributed by atoms with Crippen LogP contribution in [0, 0.1) is 0 Å². The zero-order chi connectivity index (χ0) is 24.8. The highest BCUT2D eigenvalue weighted by Gasteiger charge is 2.23. The van der Waals surface area contributed by atoms with Crippen LogP contribution in [0.1, 0.15) is 0 Å². The first-order chi connectivity index (χ1) is 18.9. The maximum Gasteiger partial charge on any atom is 0.0726 e. The first-order valence-corrected chi connectivity index (χ1v) is 13.9. The smallest absolute Gasteiger partial charge is 0.0726 e. The topological polar surface area (TPSA) is 4.93 Å². The molecule has 2 heteroatoms. The third-order valence-corrected chi connectivity index (χ3v) is 9.29. The van der Waals surface area contributed by atoms with E-state index in [9.17, 15) is 0 Å². The Kier molecular flexibility index (Phi) is 3.99. The molecule has 2 aromatic heterocycles. The number of aromatic nitrogens is 1. The summed E-state index contributed by atoms with van der Waals surface area (Å²) in [5.74, 6) is 0. The Bertz CT molecular complexity index is 2350. The molecule has 9 aromatic rings. The molecule has 0 aliphatic heterocycles. The van der Waals surface area contributed by atoms with Gasteiger partial charge in [-0.25, -0.2) is 0 Å². The number of para-hydroxylation sites is 1. The van der Waals surface area contributed by atoms with Gasteiger partial charge in [-0.2, -0.15) is 0 Å². The molecule has 1 nitrogen and oxygen atoms in total. The summed E-state index contributed by atoms with van der Waals surface area (Å²) >= 11 is 1.92. The Labute approximate surface area is 222 Å². The summed E-state index contributed by atoms with van der Waals surface area (Å²) in [5, 5.41) is 13.1. The standard InChI is InChI=1S/C36H21NS/c1-3-13-24-22(11-1)21-23-12-2-4-14-25(23)34(24)37-30-19-9-7-17-28(30)32-26-15-5-6-16-27(26)33-29-18-8-10-20-31(29)38-36(33)35(32)37/h1-21H. The van der Waals surface area contributed by atoms with Crippen molar-refractivity contribution >= 4 is 85.6 Å². The van der Waals surface area contributed by atoms with Gasteiger partial charge in [-0.3, -0.25) is 0 Å². The normalized spacial score (nSPS) is 12.2. The summed E-state index contributed by atoms with van der Waals surface area (Å²) in [7, 11) is 0. The van der Waals surface area contributed by atoms with Crippen molar-refractivity contribution < 1.29 is 0 Å².